The maximum atomic E-state index is 6.18. The lowest BCUT2D eigenvalue weighted by molar-refractivity contribution is 0.0206. The second kappa shape index (κ2) is 6.91. The van der Waals surface area contributed by atoms with Crippen LogP contribution in [0.15, 0.2) is 24.3 Å². The highest BCUT2D eigenvalue weighted by atomic mass is 16.5. The molecule has 0 aliphatic heterocycles. The second-order valence-electron chi connectivity index (χ2n) is 5.29. The number of rotatable bonds is 5. The Hall–Kier alpha value is -0.860. The third-order valence-electron chi connectivity index (χ3n) is 3.88. The van der Waals surface area contributed by atoms with E-state index in [0.717, 1.165) is 6.42 Å². The van der Waals surface area contributed by atoms with Crippen LogP contribution in [0.3, 0.4) is 0 Å². The molecule has 0 radical (unpaired) electrons. The van der Waals surface area contributed by atoms with E-state index in [4.69, 9.17) is 10.5 Å². The molecule has 0 saturated heterocycles. The molecule has 2 heteroatoms. The summed E-state index contributed by atoms with van der Waals surface area (Å²) in [7, 11) is 0. The Balaban J connectivity index is 1.80. The SMILES string of the molecule is CCc1ccc(C(N)COC2CCCCC2)cc1. The van der Waals surface area contributed by atoms with Gasteiger partial charge in [-0.2, -0.15) is 0 Å². The average molecular weight is 247 g/mol. The molecule has 1 aromatic carbocycles. The van der Waals surface area contributed by atoms with Gasteiger partial charge in [-0.1, -0.05) is 50.5 Å². The van der Waals surface area contributed by atoms with E-state index in [-0.39, 0.29) is 6.04 Å². The molecule has 1 atom stereocenters. The predicted octanol–water partition coefficient (Wildman–Crippen LogP) is 3.60. The van der Waals surface area contributed by atoms with Crippen LogP contribution in [-0.4, -0.2) is 12.7 Å². The first-order valence-electron chi connectivity index (χ1n) is 7.25. The number of ether oxygens (including phenoxy) is 1. The molecule has 0 bridgehead atoms. The van der Waals surface area contributed by atoms with Gasteiger partial charge in [-0.25, -0.2) is 0 Å². The molecular formula is C16H25NO. The highest BCUT2D eigenvalue weighted by Crippen LogP contribution is 2.21. The van der Waals surface area contributed by atoms with Crippen LogP contribution in [0.1, 0.15) is 56.2 Å². The normalized spacial score (nSPS) is 18.8. The first-order chi connectivity index (χ1) is 8.79. The highest BCUT2D eigenvalue weighted by molar-refractivity contribution is 5.24. The Labute approximate surface area is 111 Å². The van der Waals surface area contributed by atoms with Crippen LogP contribution in [-0.2, 0) is 11.2 Å². The van der Waals surface area contributed by atoms with Crippen LogP contribution < -0.4 is 5.73 Å². The quantitative estimate of drug-likeness (QED) is 0.863. The van der Waals surface area contributed by atoms with E-state index >= 15 is 0 Å². The van der Waals surface area contributed by atoms with E-state index in [1.165, 1.54) is 43.2 Å². The van der Waals surface area contributed by atoms with Gasteiger partial charge in [0.05, 0.1) is 18.8 Å². The van der Waals surface area contributed by atoms with Gasteiger partial charge >= 0.3 is 0 Å². The summed E-state index contributed by atoms with van der Waals surface area (Å²) in [5.74, 6) is 0. The van der Waals surface area contributed by atoms with E-state index in [1.807, 2.05) is 0 Å². The summed E-state index contributed by atoms with van der Waals surface area (Å²) in [5.41, 5.74) is 8.72. The number of aryl methyl sites for hydroxylation is 1. The van der Waals surface area contributed by atoms with Crippen LogP contribution in [0.4, 0.5) is 0 Å². The summed E-state index contributed by atoms with van der Waals surface area (Å²) in [6.07, 6.45) is 7.93. The van der Waals surface area contributed by atoms with Gasteiger partial charge in [0.1, 0.15) is 0 Å². The first-order valence-corrected chi connectivity index (χ1v) is 7.25. The Morgan fingerprint density at radius 1 is 1.17 bits per heavy atom. The third kappa shape index (κ3) is 3.82. The third-order valence-corrected chi connectivity index (χ3v) is 3.88. The zero-order valence-corrected chi connectivity index (χ0v) is 11.4. The smallest absolute Gasteiger partial charge is 0.0663 e. The minimum absolute atomic E-state index is 0.0119. The Morgan fingerprint density at radius 3 is 2.44 bits per heavy atom. The number of nitrogens with two attached hydrogens (primary N) is 1. The zero-order valence-electron chi connectivity index (χ0n) is 11.4. The number of hydrogen-bond donors (Lipinski definition) is 1. The largest absolute Gasteiger partial charge is 0.376 e. The number of hydrogen-bond acceptors (Lipinski definition) is 2. The second-order valence-corrected chi connectivity index (χ2v) is 5.29. The summed E-state index contributed by atoms with van der Waals surface area (Å²) in [5, 5.41) is 0. The van der Waals surface area contributed by atoms with Gasteiger partial charge in [0.2, 0.25) is 0 Å². The Kier molecular flexibility index (Phi) is 5.21. The van der Waals surface area contributed by atoms with Gasteiger partial charge in [-0.05, 0) is 30.4 Å². The van der Waals surface area contributed by atoms with E-state index in [1.54, 1.807) is 0 Å². The lowest BCUT2D eigenvalue weighted by Crippen LogP contribution is -2.23. The lowest BCUT2D eigenvalue weighted by Gasteiger charge is -2.24. The van der Waals surface area contributed by atoms with E-state index < -0.39 is 0 Å². The fourth-order valence-electron chi connectivity index (χ4n) is 2.57. The molecule has 0 amide bonds. The van der Waals surface area contributed by atoms with Gasteiger partial charge in [0, 0.05) is 0 Å². The van der Waals surface area contributed by atoms with Gasteiger partial charge in [0.15, 0.2) is 0 Å². The van der Waals surface area contributed by atoms with Crippen molar-refractivity contribution in [1.82, 2.24) is 0 Å². The van der Waals surface area contributed by atoms with Gasteiger partial charge in [-0.15, -0.1) is 0 Å². The molecule has 1 fully saturated rings. The van der Waals surface area contributed by atoms with Crippen molar-refractivity contribution in [2.45, 2.75) is 57.6 Å². The Bertz CT molecular complexity index is 341. The molecule has 1 saturated carbocycles. The summed E-state index contributed by atoms with van der Waals surface area (Å²) in [4.78, 5) is 0. The molecule has 1 unspecified atom stereocenters. The molecule has 2 nitrogen and oxygen atoms in total. The maximum absolute atomic E-state index is 6.18. The van der Waals surface area contributed by atoms with Crippen molar-refractivity contribution in [1.29, 1.82) is 0 Å². The zero-order chi connectivity index (χ0) is 12.8. The van der Waals surface area contributed by atoms with Crippen LogP contribution in [0.25, 0.3) is 0 Å². The van der Waals surface area contributed by atoms with Crippen LogP contribution in [0, 0.1) is 0 Å². The molecule has 0 heterocycles. The molecule has 0 spiro atoms. The molecule has 18 heavy (non-hydrogen) atoms. The molecule has 0 aromatic heterocycles. The standard InChI is InChI=1S/C16H25NO/c1-2-13-8-10-14(11-9-13)16(17)12-18-15-6-4-3-5-7-15/h8-11,15-16H,2-7,12,17H2,1H3. The van der Waals surface area contributed by atoms with Crippen LogP contribution in [0.2, 0.25) is 0 Å². The molecule has 1 aliphatic rings. The Morgan fingerprint density at radius 2 is 1.83 bits per heavy atom. The minimum Gasteiger partial charge on any atom is -0.376 e. The van der Waals surface area contributed by atoms with Crippen molar-refractivity contribution in [3.8, 4) is 0 Å². The van der Waals surface area contributed by atoms with Gasteiger partial charge in [-0.3, -0.25) is 0 Å². The summed E-state index contributed by atoms with van der Waals surface area (Å²) in [6, 6.07) is 8.60. The van der Waals surface area contributed by atoms with E-state index in [9.17, 15) is 0 Å². The molecule has 1 aromatic rings. The minimum atomic E-state index is 0.0119. The van der Waals surface area contributed by atoms with Crippen LogP contribution in [0.5, 0.6) is 0 Å². The predicted molar refractivity (Wildman–Crippen MR) is 75.6 cm³/mol. The maximum Gasteiger partial charge on any atom is 0.0663 e. The fourth-order valence-corrected chi connectivity index (χ4v) is 2.57. The van der Waals surface area contributed by atoms with Crippen LogP contribution >= 0.6 is 0 Å². The summed E-state index contributed by atoms with van der Waals surface area (Å²) < 4.78 is 5.93. The number of benzene rings is 1. The van der Waals surface area contributed by atoms with Crippen molar-refractivity contribution in [2.24, 2.45) is 5.73 Å². The highest BCUT2D eigenvalue weighted by Gasteiger charge is 2.15. The first kappa shape index (κ1) is 13.6. The molecule has 100 valence electrons. The van der Waals surface area contributed by atoms with Gasteiger partial charge < -0.3 is 10.5 Å². The molecule has 1 aliphatic carbocycles. The average Bonchev–Trinajstić information content (AvgIpc) is 2.46. The van der Waals surface area contributed by atoms with Crippen molar-refractivity contribution < 1.29 is 4.74 Å². The van der Waals surface area contributed by atoms with Crippen molar-refractivity contribution in [2.75, 3.05) is 6.61 Å². The molecule has 2 N–H and O–H groups in total. The fraction of sp³-hybridized carbons (Fsp3) is 0.625. The van der Waals surface area contributed by atoms with Crippen molar-refractivity contribution >= 4 is 0 Å². The lowest BCUT2D eigenvalue weighted by atomic mass is 9.97. The summed E-state index contributed by atoms with van der Waals surface area (Å²) >= 11 is 0. The van der Waals surface area contributed by atoms with Crippen molar-refractivity contribution in [3.05, 3.63) is 35.4 Å². The van der Waals surface area contributed by atoms with E-state index in [0.29, 0.717) is 12.7 Å². The molecule has 2 rings (SSSR count). The topological polar surface area (TPSA) is 35.2 Å². The van der Waals surface area contributed by atoms with Crippen molar-refractivity contribution in [3.63, 3.8) is 0 Å². The van der Waals surface area contributed by atoms with Gasteiger partial charge in [0.25, 0.3) is 0 Å². The summed E-state index contributed by atoms with van der Waals surface area (Å²) in [6.45, 7) is 2.82. The monoisotopic (exact) mass is 247 g/mol. The molecular weight excluding hydrogens is 222 g/mol. The van der Waals surface area contributed by atoms with E-state index in [2.05, 4.69) is 31.2 Å².